The SMILES string of the molecule is C=C(C)C(=O)OCCC[N+](C)(C)CCCCS(=O)(=O)O.C[N+](C)(C)CC(=O)[O-]. The lowest BCUT2D eigenvalue weighted by Crippen LogP contribution is -2.45. The van der Waals surface area contributed by atoms with E-state index in [1.807, 2.05) is 14.1 Å². The van der Waals surface area contributed by atoms with E-state index in [1.165, 1.54) is 0 Å². The Hall–Kier alpha value is -1.49. The highest BCUT2D eigenvalue weighted by Gasteiger charge is 2.15. The third-order valence-electron chi connectivity index (χ3n) is 3.51. The summed E-state index contributed by atoms with van der Waals surface area (Å²) in [6.07, 6.45) is 1.91. The number of carboxylic acid groups (broad SMARTS) is 1. The van der Waals surface area contributed by atoms with Crippen LogP contribution in [0.2, 0.25) is 0 Å². The first-order valence-electron chi connectivity index (χ1n) is 9.05. The molecule has 0 bridgehead atoms. The first kappa shape index (κ1) is 28.7. The number of carbonyl (C=O) groups is 2. The summed E-state index contributed by atoms with van der Waals surface area (Å²) < 4.78 is 35.9. The van der Waals surface area contributed by atoms with Crippen LogP contribution in [-0.4, -0.2) is 101 Å². The van der Waals surface area contributed by atoms with Crippen molar-refractivity contribution >= 4 is 22.1 Å². The van der Waals surface area contributed by atoms with Crippen LogP contribution in [0.25, 0.3) is 0 Å². The summed E-state index contributed by atoms with van der Waals surface area (Å²) in [5.74, 6) is -1.57. The molecule has 9 nitrogen and oxygen atoms in total. The molecule has 0 fully saturated rings. The molecule has 1 N–H and O–H groups in total. The molecule has 0 aliphatic rings. The van der Waals surface area contributed by atoms with E-state index in [2.05, 4.69) is 6.58 Å². The van der Waals surface area contributed by atoms with Gasteiger partial charge in [0.1, 0.15) is 6.54 Å². The van der Waals surface area contributed by atoms with Crippen LogP contribution in [0.15, 0.2) is 12.2 Å². The van der Waals surface area contributed by atoms with Crippen molar-refractivity contribution in [3.8, 4) is 0 Å². The number of likely N-dealkylation sites (N-methyl/N-ethyl adjacent to an activating group) is 1. The molecule has 0 heterocycles. The second kappa shape index (κ2) is 12.9. The van der Waals surface area contributed by atoms with Gasteiger partial charge >= 0.3 is 5.97 Å². The number of hydrogen-bond acceptors (Lipinski definition) is 6. The van der Waals surface area contributed by atoms with E-state index in [0.29, 0.717) is 23.1 Å². The zero-order chi connectivity index (χ0) is 22.6. The van der Waals surface area contributed by atoms with Crippen molar-refractivity contribution in [1.29, 1.82) is 0 Å². The molecular formula is C18H37N2O7S+. The van der Waals surface area contributed by atoms with Gasteiger partial charge in [-0.15, -0.1) is 0 Å². The van der Waals surface area contributed by atoms with Gasteiger partial charge in [-0.3, -0.25) is 4.55 Å². The van der Waals surface area contributed by atoms with Gasteiger partial charge in [0.05, 0.1) is 66.7 Å². The van der Waals surface area contributed by atoms with Crippen LogP contribution >= 0.6 is 0 Å². The van der Waals surface area contributed by atoms with E-state index < -0.39 is 16.1 Å². The summed E-state index contributed by atoms with van der Waals surface area (Å²) in [4.78, 5) is 21.1. The monoisotopic (exact) mass is 425 g/mol. The normalized spacial score (nSPS) is 12.0. The second-order valence-corrected chi connectivity index (χ2v) is 10.0. The molecule has 0 aliphatic heterocycles. The van der Waals surface area contributed by atoms with Crippen LogP contribution in [-0.2, 0) is 24.4 Å². The zero-order valence-electron chi connectivity index (χ0n) is 18.1. The molecule has 10 heteroatoms. The van der Waals surface area contributed by atoms with Crippen molar-refractivity contribution in [2.75, 3.05) is 67.2 Å². The number of nitrogens with zero attached hydrogens (tertiary/aromatic N) is 2. The summed E-state index contributed by atoms with van der Waals surface area (Å²) in [6.45, 7) is 7.18. The molecule has 0 radical (unpaired) electrons. The average molecular weight is 426 g/mol. The molecule has 0 aromatic heterocycles. The molecule has 0 unspecified atom stereocenters. The van der Waals surface area contributed by atoms with Crippen LogP contribution in [0.1, 0.15) is 26.2 Å². The van der Waals surface area contributed by atoms with Gasteiger partial charge in [0, 0.05) is 12.0 Å². The average Bonchev–Trinajstić information content (AvgIpc) is 2.45. The lowest BCUT2D eigenvalue weighted by atomic mass is 10.2. The Kier molecular flexibility index (Phi) is 13.2. The van der Waals surface area contributed by atoms with Crippen molar-refractivity contribution in [2.45, 2.75) is 26.2 Å². The Balaban J connectivity index is 0. The zero-order valence-corrected chi connectivity index (χ0v) is 18.9. The molecule has 0 saturated carbocycles. The number of aliphatic carboxylic acids is 1. The molecule has 0 spiro atoms. The summed E-state index contributed by atoms with van der Waals surface area (Å²) in [6, 6.07) is 0. The number of carbonyl (C=O) groups excluding carboxylic acids is 2. The van der Waals surface area contributed by atoms with E-state index in [1.54, 1.807) is 28.1 Å². The molecule has 166 valence electrons. The number of hydrogen-bond donors (Lipinski definition) is 1. The predicted molar refractivity (Wildman–Crippen MR) is 106 cm³/mol. The van der Waals surface area contributed by atoms with Gasteiger partial charge in [0.2, 0.25) is 0 Å². The minimum atomic E-state index is -3.85. The van der Waals surface area contributed by atoms with Crippen LogP contribution in [0, 0.1) is 0 Å². The molecule has 0 saturated heterocycles. The minimum absolute atomic E-state index is 0.0694. The number of rotatable bonds is 12. The third-order valence-corrected chi connectivity index (χ3v) is 4.31. The van der Waals surface area contributed by atoms with Crippen molar-refractivity contribution in [2.24, 2.45) is 0 Å². The van der Waals surface area contributed by atoms with Gasteiger partial charge in [-0.25, -0.2) is 4.79 Å². The van der Waals surface area contributed by atoms with E-state index in [4.69, 9.17) is 9.29 Å². The van der Waals surface area contributed by atoms with E-state index in [9.17, 15) is 23.1 Å². The molecule has 0 rings (SSSR count). The van der Waals surface area contributed by atoms with Crippen LogP contribution < -0.4 is 5.11 Å². The highest BCUT2D eigenvalue weighted by atomic mass is 32.2. The number of carboxylic acids is 1. The van der Waals surface area contributed by atoms with Crippen molar-refractivity contribution in [3.63, 3.8) is 0 Å². The Morgan fingerprint density at radius 1 is 1.04 bits per heavy atom. The standard InChI is InChI=1S/C13H25NO5S.C5H11NO2/c1-12(2)13(15)19-10-7-9-14(3,4)8-5-6-11-20(16,17)18;1-6(2,3)4-5(7)8/h1,5-11H2,2-4H3;4H2,1-3H3/p+1. The van der Waals surface area contributed by atoms with Crippen LogP contribution in [0.5, 0.6) is 0 Å². The van der Waals surface area contributed by atoms with E-state index in [0.717, 1.165) is 30.4 Å². The Morgan fingerprint density at radius 2 is 1.54 bits per heavy atom. The largest absolute Gasteiger partial charge is 0.544 e. The third kappa shape index (κ3) is 22.6. The first-order chi connectivity index (χ1) is 12.5. The minimum Gasteiger partial charge on any atom is -0.544 e. The maximum absolute atomic E-state index is 11.2. The van der Waals surface area contributed by atoms with Gasteiger partial charge < -0.3 is 23.6 Å². The van der Waals surface area contributed by atoms with Gasteiger partial charge in [-0.1, -0.05) is 6.58 Å². The fourth-order valence-corrected chi connectivity index (χ4v) is 2.67. The highest BCUT2D eigenvalue weighted by molar-refractivity contribution is 7.85. The topological polar surface area (TPSA) is 121 Å². The summed E-state index contributed by atoms with van der Waals surface area (Å²) in [5, 5.41) is 9.89. The van der Waals surface area contributed by atoms with E-state index >= 15 is 0 Å². The van der Waals surface area contributed by atoms with Gasteiger partial charge in [0.25, 0.3) is 10.1 Å². The smallest absolute Gasteiger partial charge is 0.333 e. The summed E-state index contributed by atoms with van der Waals surface area (Å²) in [5.41, 5.74) is 0.393. The lowest BCUT2D eigenvalue weighted by molar-refractivity contribution is -0.890. The Bertz CT molecular complexity index is 608. The molecular weight excluding hydrogens is 388 g/mol. The van der Waals surface area contributed by atoms with Crippen molar-refractivity contribution in [3.05, 3.63) is 12.2 Å². The van der Waals surface area contributed by atoms with E-state index in [-0.39, 0.29) is 18.3 Å². The molecule has 0 aromatic carbocycles. The van der Waals surface area contributed by atoms with Crippen LogP contribution in [0.4, 0.5) is 0 Å². The van der Waals surface area contributed by atoms with Gasteiger partial charge in [0.15, 0.2) is 0 Å². The number of quaternary nitrogens is 2. The fourth-order valence-electron chi connectivity index (χ4n) is 2.10. The quantitative estimate of drug-likeness (QED) is 0.150. The predicted octanol–water partition coefficient (Wildman–Crippen LogP) is -0.317. The maximum Gasteiger partial charge on any atom is 0.333 e. The van der Waals surface area contributed by atoms with Gasteiger partial charge in [-0.2, -0.15) is 8.42 Å². The molecule has 0 amide bonds. The van der Waals surface area contributed by atoms with Gasteiger partial charge in [-0.05, 0) is 19.8 Å². The number of esters is 1. The molecule has 0 aromatic rings. The second-order valence-electron chi connectivity index (χ2n) is 8.47. The molecule has 28 heavy (non-hydrogen) atoms. The molecule has 0 aliphatic carbocycles. The Labute approximate surface area is 169 Å². The molecule has 0 atom stereocenters. The lowest BCUT2D eigenvalue weighted by Gasteiger charge is -2.29. The summed E-state index contributed by atoms with van der Waals surface area (Å²) >= 11 is 0. The number of ether oxygens (including phenoxy) is 1. The fraction of sp³-hybridized carbons (Fsp3) is 0.778. The van der Waals surface area contributed by atoms with Crippen molar-refractivity contribution in [1.82, 2.24) is 0 Å². The number of unbranched alkanes of at least 4 members (excludes halogenated alkanes) is 1. The maximum atomic E-state index is 11.2. The Morgan fingerprint density at radius 3 is 1.89 bits per heavy atom. The van der Waals surface area contributed by atoms with Crippen LogP contribution in [0.3, 0.4) is 0 Å². The summed E-state index contributed by atoms with van der Waals surface area (Å²) in [7, 11) is 5.62. The highest BCUT2D eigenvalue weighted by Crippen LogP contribution is 2.05. The van der Waals surface area contributed by atoms with Crippen molar-refractivity contribution < 1.29 is 41.4 Å². The first-order valence-corrected chi connectivity index (χ1v) is 10.7.